The molecule has 0 bridgehead atoms. The Morgan fingerprint density at radius 1 is 1.19 bits per heavy atom. The van der Waals surface area contributed by atoms with Crippen LogP contribution in [0.1, 0.15) is 40.1 Å². The lowest BCUT2D eigenvalue weighted by Gasteiger charge is -2.14. The molecule has 0 fully saturated rings. The highest BCUT2D eigenvalue weighted by atomic mass is 19.4. The summed E-state index contributed by atoms with van der Waals surface area (Å²) in [7, 11) is 0. The molecule has 8 heteroatoms. The van der Waals surface area contributed by atoms with Gasteiger partial charge in [-0.25, -0.2) is 4.68 Å². The molecule has 140 valence electrons. The molecule has 0 saturated heterocycles. The second kappa shape index (κ2) is 7.22. The molecule has 27 heavy (non-hydrogen) atoms. The van der Waals surface area contributed by atoms with Crippen molar-refractivity contribution in [3.63, 3.8) is 0 Å². The van der Waals surface area contributed by atoms with Gasteiger partial charge >= 0.3 is 6.18 Å². The second-order valence-electron chi connectivity index (χ2n) is 6.08. The van der Waals surface area contributed by atoms with Crippen molar-refractivity contribution in [1.82, 2.24) is 20.1 Å². The van der Waals surface area contributed by atoms with E-state index in [9.17, 15) is 18.0 Å². The lowest BCUT2D eigenvalue weighted by molar-refractivity contribution is -0.137. The number of amides is 1. The van der Waals surface area contributed by atoms with Gasteiger partial charge in [-0.15, -0.1) is 0 Å². The minimum absolute atomic E-state index is 0.290. The van der Waals surface area contributed by atoms with E-state index in [1.54, 1.807) is 44.4 Å². The first kappa shape index (κ1) is 18.6. The van der Waals surface area contributed by atoms with Crippen LogP contribution in [0.5, 0.6) is 0 Å². The number of carbonyl (C=O) groups is 1. The van der Waals surface area contributed by atoms with Crippen molar-refractivity contribution in [1.29, 1.82) is 0 Å². The number of nitrogens with zero attached hydrogens (tertiary/aromatic N) is 3. The summed E-state index contributed by atoms with van der Waals surface area (Å²) in [5, 5.41) is 7.04. The van der Waals surface area contributed by atoms with E-state index in [0.29, 0.717) is 22.5 Å². The Kier molecular flexibility index (Phi) is 4.98. The summed E-state index contributed by atoms with van der Waals surface area (Å²) >= 11 is 0. The number of hydrogen-bond donors (Lipinski definition) is 1. The van der Waals surface area contributed by atoms with Crippen LogP contribution in [-0.4, -0.2) is 20.7 Å². The first-order valence-corrected chi connectivity index (χ1v) is 8.20. The smallest absolute Gasteiger partial charge is 0.345 e. The zero-order chi connectivity index (χ0) is 19.6. The second-order valence-corrected chi connectivity index (χ2v) is 6.08. The normalized spacial score (nSPS) is 12.6. The molecule has 1 atom stereocenters. The Hall–Kier alpha value is -3.16. The van der Waals surface area contributed by atoms with Crippen molar-refractivity contribution in [2.24, 2.45) is 0 Å². The van der Waals surface area contributed by atoms with Crippen LogP contribution in [0.25, 0.3) is 5.69 Å². The van der Waals surface area contributed by atoms with Crippen molar-refractivity contribution < 1.29 is 18.0 Å². The third-order valence-corrected chi connectivity index (χ3v) is 4.20. The summed E-state index contributed by atoms with van der Waals surface area (Å²) in [5.41, 5.74) is 1.35. The van der Waals surface area contributed by atoms with Crippen LogP contribution in [0.3, 0.4) is 0 Å². The molecule has 0 radical (unpaired) electrons. The van der Waals surface area contributed by atoms with Gasteiger partial charge in [0.2, 0.25) is 0 Å². The average molecular weight is 374 g/mol. The lowest BCUT2D eigenvalue weighted by Crippen LogP contribution is -2.27. The standard InChI is InChI=1S/C19H17F3N4O/c1-12(25-18(27)14-5-4-8-23-10-14)17-11-24-26(13(17)2)16-7-3-6-15(9-16)19(20,21)22/h3-12H,1-2H3,(H,25,27)/t12-/m1/s1. The fourth-order valence-electron chi connectivity index (χ4n) is 2.78. The van der Waals surface area contributed by atoms with Crippen LogP contribution < -0.4 is 5.32 Å². The summed E-state index contributed by atoms with van der Waals surface area (Å²) in [6, 6.07) is 7.88. The van der Waals surface area contributed by atoms with Gasteiger partial charge in [0.25, 0.3) is 5.91 Å². The van der Waals surface area contributed by atoms with Crippen molar-refractivity contribution >= 4 is 5.91 Å². The maximum absolute atomic E-state index is 12.9. The first-order valence-electron chi connectivity index (χ1n) is 8.20. The molecule has 2 heterocycles. The summed E-state index contributed by atoms with van der Waals surface area (Å²) < 4.78 is 40.2. The topological polar surface area (TPSA) is 59.8 Å². The van der Waals surface area contributed by atoms with E-state index in [1.165, 1.54) is 16.9 Å². The summed E-state index contributed by atoms with van der Waals surface area (Å²) in [4.78, 5) is 16.2. The van der Waals surface area contributed by atoms with Crippen molar-refractivity contribution in [2.75, 3.05) is 0 Å². The number of nitrogens with one attached hydrogen (secondary N) is 1. The molecule has 0 aliphatic rings. The van der Waals surface area contributed by atoms with Gasteiger partial charge in [-0.2, -0.15) is 18.3 Å². The molecule has 1 aromatic carbocycles. The number of alkyl halides is 3. The number of carbonyl (C=O) groups excluding carboxylic acids is 1. The molecule has 0 unspecified atom stereocenters. The Morgan fingerprint density at radius 3 is 2.63 bits per heavy atom. The van der Waals surface area contributed by atoms with Crippen LogP contribution in [0.15, 0.2) is 55.0 Å². The van der Waals surface area contributed by atoms with Crippen LogP contribution >= 0.6 is 0 Å². The molecule has 3 rings (SSSR count). The summed E-state index contributed by atoms with van der Waals surface area (Å²) in [6.45, 7) is 3.53. The van der Waals surface area contributed by atoms with Crippen molar-refractivity contribution in [3.8, 4) is 5.69 Å². The summed E-state index contributed by atoms with van der Waals surface area (Å²) in [5.74, 6) is -0.290. The van der Waals surface area contributed by atoms with Gasteiger partial charge in [0.1, 0.15) is 0 Å². The molecule has 0 spiro atoms. The zero-order valence-corrected chi connectivity index (χ0v) is 14.7. The maximum atomic E-state index is 12.9. The molecule has 0 aliphatic heterocycles. The first-order chi connectivity index (χ1) is 12.8. The van der Waals surface area contributed by atoms with E-state index in [2.05, 4.69) is 15.4 Å². The molecule has 1 amide bonds. The molecule has 3 aromatic rings. The van der Waals surface area contributed by atoms with Gasteiger partial charge in [0, 0.05) is 23.7 Å². The Morgan fingerprint density at radius 2 is 1.96 bits per heavy atom. The molecule has 1 N–H and O–H groups in total. The molecular formula is C19H17F3N4O. The largest absolute Gasteiger partial charge is 0.416 e. The fourth-order valence-corrected chi connectivity index (χ4v) is 2.78. The predicted molar refractivity (Wildman–Crippen MR) is 93.4 cm³/mol. The Bertz CT molecular complexity index is 951. The molecule has 2 aromatic heterocycles. The van der Waals surface area contributed by atoms with Gasteiger partial charge in [-0.3, -0.25) is 9.78 Å². The lowest BCUT2D eigenvalue weighted by atomic mass is 10.1. The zero-order valence-electron chi connectivity index (χ0n) is 14.7. The van der Waals surface area contributed by atoms with Gasteiger partial charge in [0.15, 0.2) is 0 Å². The minimum atomic E-state index is -4.43. The Labute approximate surface area is 153 Å². The number of rotatable bonds is 4. The monoisotopic (exact) mass is 374 g/mol. The van der Waals surface area contributed by atoms with Crippen molar-refractivity contribution in [3.05, 3.63) is 77.4 Å². The average Bonchev–Trinajstić information content (AvgIpc) is 3.03. The van der Waals surface area contributed by atoms with E-state index in [4.69, 9.17) is 0 Å². The van der Waals surface area contributed by atoms with Crippen LogP contribution in [-0.2, 0) is 6.18 Å². The number of benzene rings is 1. The quantitative estimate of drug-likeness (QED) is 0.748. The highest BCUT2D eigenvalue weighted by Gasteiger charge is 2.30. The highest BCUT2D eigenvalue weighted by Crippen LogP contribution is 2.31. The fraction of sp³-hybridized carbons (Fsp3) is 0.211. The molecular weight excluding hydrogens is 357 g/mol. The summed E-state index contributed by atoms with van der Waals surface area (Å²) in [6.07, 6.45) is 0.152. The van der Waals surface area contributed by atoms with E-state index in [-0.39, 0.29) is 11.9 Å². The van der Waals surface area contributed by atoms with Gasteiger partial charge in [-0.1, -0.05) is 6.07 Å². The Balaban J connectivity index is 1.84. The number of aromatic nitrogens is 3. The molecule has 0 aliphatic carbocycles. The number of halogens is 3. The van der Waals surface area contributed by atoms with Crippen LogP contribution in [0.4, 0.5) is 13.2 Å². The van der Waals surface area contributed by atoms with E-state index in [0.717, 1.165) is 12.1 Å². The van der Waals surface area contributed by atoms with Gasteiger partial charge in [0.05, 0.1) is 29.1 Å². The van der Waals surface area contributed by atoms with E-state index in [1.807, 2.05) is 0 Å². The highest BCUT2D eigenvalue weighted by molar-refractivity contribution is 5.94. The SMILES string of the molecule is Cc1c([C@@H](C)NC(=O)c2cccnc2)cnn1-c1cccc(C(F)(F)F)c1. The van der Waals surface area contributed by atoms with Crippen LogP contribution in [0, 0.1) is 6.92 Å². The maximum Gasteiger partial charge on any atom is 0.416 e. The van der Waals surface area contributed by atoms with Gasteiger partial charge < -0.3 is 5.32 Å². The van der Waals surface area contributed by atoms with E-state index < -0.39 is 11.7 Å². The molecule has 0 saturated carbocycles. The predicted octanol–water partition coefficient (Wildman–Crippen LogP) is 4.09. The minimum Gasteiger partial charge on any atom is -0.345 e. The number of hydrogen-bond acceptors (Lipinski definition) is 3. The number of pyridine rings is 1. The molecule has 5 nitrogen and oxygen atoms in total. The van der Waals surface area contributed by atoms with Crippen molar-refractivity contribution in [2.45, 2.75) is 26.1 Å². The van der Waals surface area contributed by atoms with E-state index >= 15 is 0 Å². The van der Waals surface area contributed by atoms with Crippen LogP contribution in [0.2, 0.25) is 0 Å². The third kappa shape index (κ3) is 3.99. The third-order valence-electron chi connectivity index (χ3n) is 4.20. The van der Waals surface area contributed by atoms with Gasteiger partial charge in [-0.05, 0) is 44.2 Å².